The molecule has 36 heavy (non-hydrogen) atoms. The van der Waals surface area contributed by atoms with Crippen molar-refractivity contribution in [3.8, 4) is 5.75 Å². The topological polar surface area (TPSA) is 71.1 Å². The van der Waals surface area contributed by atoms with Crippen LogP contribution >= 0.6 is 34.5 Å². The summed E-state index contributed by atoms with van der Waals surface area (Å²) in [6.45, 7) is 1.32. The van der Waals surface area contributed by atoms with Crippen LogP contribution in [0.15, 0.2) is 60.0 Å². The average molecular weight is 548 g/mol. The Bertz CT molecular complexity index is 1190. The molecular weight excluding hydrogens is 521 g/mol. The van der Waals surface area contributed by atoms with Crippen LogP contribution in [0.4, 0.5) is 10.5 Å². The van der Waals surface area contributed by atoms with Crippen LogP contribution in [0.25, 0.3) is 0 Å². The van der Waals surface area contributed by atoms with E-state index in [0.29, 0.717) is 41.2 Å². The number of nitrogens with zero attached hydrogens (tertiary/aromatic N) is 2. The summed E-state index contributed by atoms with van der Waals surface area (Å²) in [6.07, 6.45) is 0.767. The largest absolute Gasteiger partial charge is 0.491 e. The quantitative estimate of drug-likeness (QED) is 0.370. The number of amides is 3. The Hall–Kier alpha value is -2.78. The third-order valence-electron chi connectivity index (χ3n) is 5.89. The number of urea groups is 1. The van der Waals surface area contributed by atoms with Crippen molar-refractivity contribution in [1.29, 1.82) is 0 Å². The Kier molecular flexibility index (Phi) is 9.09. The first kappa shape index (κ1) is 26.3. The van der Waals surface area contributed by atoms with E-state index in [1.54, 1.807) is 71.9 Å². The molecule has 0 fully saturated rings. The summed E-state index contributed by atoms with van der Waals surface area (Å²) in [7, 11) is 1.56. The number of carbonyl (C=O) groups excluding carboxylic acids is 2. The zero-order chi connectivity index (χ0) is 25.5. The molecule has 2 aromatic carbocycles. The fourth-order valence-electron chi connectivity index (χ4n) is 4.06. The summed E-state index contributed by atoms with van der Waals surface area (Å²) in [5.74, 6) is 0.519. The zero-order valence-electron chi connectivity index (χ0n) is 19.8. The van der Waals surface area contributed by atoms with Gasteiger partial charge in [-0.2, -0.15) is 0 Å². The molecule has 190 valence electrons. The van der Waals surface area contributed by atoms with Crippen molar-refractivity contribution in [2.75, 3.05) is 45.3 Å². The summed E-state index contributed by atoms with van der Waals surface area (Å²) in [5, 5.41) is 5.99. The lowest BCUT2D eigenvalue weighted by molar-refractivity contribution is -0.135. The first-order chi connectivity index (χ1) is 17.4. The van der Waals surface area contributed by atoms with E-state index in [4.69, 9.17) is 32.7 Å². The number of nitrogens with one attached hydrogen (secondary N) is 1. The van der Waals surface area contributed by atoms with Gasteiger partial charge < -0.3 is 24.6 Å². The number of methoxy groups -OCH3 is 1. The van der Waals surface area contributed by atoms with Crippen LogP contribution in [0.3, 0.4) is 0 Å². The molecule has 4 rings (SSSR count). The minimum atomic E-state index is -0.398. The number of hydrogen-bond acceptors (Lipinski definition) is 5. The van der Waals surface area contributed by atoms with Crippen molar-refractivity contribution in [3.63, 3.8) is 0 Å². The monoisotopic (exact) mass is 547 g/mol. The highest BCUT2D eigenvalue weighted by molar-refractivity contribution is 7.10. The number of anilines is 1. The second kappa shape index (κ2) is 12.5. The van der Waals surface area contributed by atoms with Crippen LogP contribution in [-0.4, -0.2) is 61.7 Å². The maximum atomic E-state index is 13.6. The lowest BCUT2D eigenvalue weighted by atomic mass is 10.0. The molecule has 0 spiro atoms. The van der Waals surface area contributed by atoms with Gasteiger partial charge in [0.15, 0.2) is 0 Å². The van der Waals surface area contributed by atoms with Gasteiger partial charge >= 0.3 is 6.03 Å². The molecule has 1 atom stereocenters. The molecule has 3 aromatic rings. The molecule has 0 radical (unpaired) electrons. The molecule has 0 bridgehead atoms. The van der Waals surface area contributed by atoms with Gasteiger partial charge in [0.25, 0.3) is 0 Å². The van der Waals surface area contributed by atoms with Crippen LogP contribution in [0.5, 0.6) is 5.75 Å². The Balaban J connectivity index is 1.48. The SMILES string of the molecule is COCCN(CC(=O)N1CCc2sccc2[C@@H]1COc1ccc(Cl)cc1)C(=O)Nc1cccc(Cl)c1. The molecule has 3 amide bonds. The Morgan fingerprint density at radius 3 is 2.69 bits per heavy atom. The second-order valence-electron chi connectivity index (χ2n) is 8.27. The molecule has 0 saturated heterocycles. The minimum absolute atomic E-state index is 0.0906. The van der Waals surface area contributed by atoms with Gasteiger partial charge in [0.2, 0.25) is 5.91 Å². The molecule has 1 aliphatic rings. The van der Waals surface area contributed by atoms with Gasteiger partial charge in [-0.1, -0.05) is 29.3 Å². The van der Waals surface area contributed by atoms with Gasteiger partial charge in [-0.15, -0.1) is 11.3 Å². The molecule has 2 heterocycles. The van der Waals surface area contributed by atoms with Gasteiger partial charge in [0.1, 0.15) is 18.9 Å². The fourth-order valence-corrected chi connectivity index (χ4v) is 5.30. The number of hydrogen-bond donors (Lipinski definition) is 1. The smallest absolute Gasteiger partial charge is 0.322 e. The molecular formula is C26H27Cl2N3O4S. The Labute approximate surface area is 224 Å². The molecule has 0 aliphatic carbocycles. The maximum Gasteiger partial charge on any atom is 0.322 e. The standard InChI is InChI=1S/C26H27Cl2N3O4S/c1-34-13-12-30(26(33)29-20-4-2-3-19(28)15-20)16-25(32)31-11-9-24-22(10-14-36-24)23(31)17-35-21-7-5-18(27)6-8-21/h2-8,10,14-15,23H,9,11-13,16-17H2,1H3,(H,29,33)/t23-/m0/s1. The summed E-state index contributed by atoms with van der Waals surface area (Å²) in [6, 6.07) is 15.4. The van der Waals surface area contributed by atoms with Crippen LogP contribution in [0.2, 0.25) is 10.0 Å². The molecule has 1 aromatic heterocycles. The third kappa shape index (κ3) is 6.70. The highest BCUT2D eigenvalue weighted by atomic mass is 35.5. The van der Waals surface area contributed by atoms with Crippen molar-refractivity contribution in [1.82, 2.24) is 9.80 Å². The fraction of sp³-hybridized carbons (Fsp3) is 0.308. The Morgan fingerprint density at radius 1 is 1.14 bits per heavy atom. The van der Waals surface area contributed by atoms with Gasteiger partial charge in [0, 0.05) is 40.8 Å². The predicted molar refractivity (Wildman–Crippen MR) is 143 cm³/mol. The van der Waals surface area contributed by atoms with E-state index in [2.05, 4.69) is 5.32 Å². The van der Waals surface area contributed by atoms with Crippen LogP contribution in [0, 0.1) is 0 Å². The zero-order valence-corrected chi connectivity index (χ0v) is 22.1. The molecule has 1 aliphatic heterocycles. The number of halogens is 2. The van der Waals surface area contributed by atoms with Crippen LogP contribution in [-0.2, 0) is 16.0 Å². The van der Waals surface area contributed by atoms with Crippen molar-refractivity contribution >= 4 is 52.2 Å². The number of thiophene rings is 1. The number of fused-ring (bicyclic) bond motifs is 1. The maximum absolute atomic E-state index is 13.6. The van der Waals surface area contributed by atoms with E-state index in [0.717, 1.165) is 12.0 Å². The molecule has 1 N–H and O–H groups in total. The Morgan fingerprint density at radius 2 is 1.94 bits per heavy atom. The second-order valence-corrected chi connectivity index (χ2v) is 10.1. The lowest BCUT2D eigenvalue weighted by Crippen LogP contribution is -2.49. The van der Waals surface area contributed by atoms with Gasteiger partial charge in [0.05, 0.1) is 12.6 Å². The van der Waals surface area contributed by atoms with E-state index in [-0.39, 0.29) is 25.0 Å². The summed E-state index contributed by atoms with van der Waals surface area (Å²) in [5.41, 5.74) is 1.64. The van der Waals surface area contributed by atoms with Crippen LogP contribution < -0.4 is 10.1 Å². The lowest BCUT2D eigenvalue weighted by Gasteiger charge is -2.37. The number of rotatable bonds is 9. The average Bonchev–Trinajstić information content (AvgIpc) is 3.35. The molecule has 7 nitrogen and oxygen atoms in total. The first-order valence-electron chi connectivity index (χ1n) is 11.5. The van der Waals surface area contributed by atoms with E-state index in [9.17, 15) is 9.59 Å². The number of ether oxygens (including phenoxy) is 2. The third-order valence-corrected chi connectivity index (χ3v) is 7.37. The van der Waals surface area contributed by atoms with Crippen LogP contribution in [0.1, 0.15) is 16.5 Å². The van der Waals surface area contributed by atoms with Crippen molar-refractivity contribution in [2.24, 2.45) is 0 Å². The van der Waals surface area contributed by atoms with Crippen molar-refractivity contribution in [3.05, 3.63) is 80.5 Å². The van der Waals surface area contributed by atoms with Gasteiger partial charge in [-0.25, -0.2) is 4.79 Å². The number of carbonyl (C=O) groups is 2. The van der Waals surface area contributed by atoms with Crippen molar-refractivity contribution < 1.29 is 19.1 Å². The highest BCUT2D eigenvalue weighted by Gasteiger charge is 2.33. The van der Waals surface area contributed by atoms with Crippen molar-refractivity contribution in [2.45, 2.75) is 12.5 Å². The van der Waals surface area contributed by atoms with E-state index >= 15 is 0 Å². The normalized spacial score (nSPS) is 14.8. The van der Waals surface area contributed by atoms with E-state index < -0.39 is 6.03 Å². The predicted octanol–water partition coefficient (Wildman–Crippen LogP) is 5.74. The molecule has 0 unspecified atom stereocenters. The van der Waals surface area contributed by atoms with Gasteiger partial charge in [-0.05, 0) is 65.9 Å². The molecule has 10 heteroatoms. The summed E-state index contributed by atoms with van der Waals surface area (Å²) >= 11 is 13.7. The van der Waals surface area contributed by atoms with E-state index in [1.807, 2.05) is 11.4 Å². The molecule has 0 saturated carbocycles. The first-order valence-corrected chi connectivity index (χ1v) is 13.1. The van der Waals surface area contributed by atoms with Gasteiger partial charge in [-0.3, -0.25) is 4.79 Å². The number of benzene rings is 2. The summed E-state index contributed by atoms with van der Waals surface area (Å²) in [4.78, 5) is 31.1. The minimum Gasteiger partial charge on any atom is -0.491 e. The summed E-state index contributed by atoms with van der Waals surface area (Å²) < 4.78 is 11.2. The van der Waals surface area contributed by atoms with E-state index in [1.165, 1.54) is 9.78 Å². The highest BCUT2D eigenvalue weighted by Crippen LogP contribution is 2.34.